The van der Waals surface area contributed by atoms with Gasteiger partial charge in [0, 0.05) is 21.8 Å². The Morgan fingerprint density at radius 3 is 2.22 bits per heavy atom. The van der Waals surface area contributed by atoms with E-state index < -0.39 is 0 Å². The topological polar surface area (TPSA) is 12.0 Å². The lowest BCUT2D eigenvalue weighted by molar-refractivity contribution is 0.499. The normalized spacial score (nSPS) is 14.4. The number of aryl methyl sites for hydroxylation is 1. The molecule has 1 nitrogen and oxygen atoms in total. The fourth-order valence-corrected chi connectivity index (χ4v) is 2.88. The molecule has 2 atom stereocenters. The van der Waals surface area contributed by atoms with Crippen molar-refractivity contribution in [1.29, 1.82) is 0 Å². The molecule has 1 unspecified atom stereocenters. The minimum absolute atomic E-state index is 0.187. The smallest absolute Gasteiger partial charge is 0.123 e. The van der Waals surface area contributed by atoms with Gasteiger partial charge in [0.2, 0.25) is 0 Å². The summed E-state index contributed by atoms with van der Waals surface area (Å²) in [6.07, 6.45) is 0. The molecule has 0 aliphatic rings. The maximum atomic E-state index is 12.9. The van der Waals surface area contributed by atoms with Gasteiger partial charge in [0.15, 0.2) is 0 Å². The lowest BCUT2D eigenvalue weighted by Gasteiger charge is -2.19. The van der Waals surface area contributed by atoms with Crippen LogP contribution in [0.25, 0.3) is 0 Å². The van der Waals surface area contributed by atoms with E-state index in [0.29, 0.717) is 6.04 Å². The number of benzene rings is 1. The van der Waals surface area contributed by atoms with Gasteiger partial charge in [-0.25, -0.2) is 4.39 Å². The fraction of sp³-hybridized carbons (Fsp3) is 0.333. The Morgan fingerprint density at radius 2 is 1.67 bits per heavy atom. The molecule has 96 valence electrons. The minimum Gasteiger partial charge on any atom is -0.303 e. The summed E-state index contributed by atoms with van der Waals surface area (Å²) >= 11 is 1.81. The van der Waals surface area contributed by atoms with Crippen LogP contribution in [0.4, 0.5) is 4.39 Å². The van der Waals surface area contributed by atoms with E-state index in [1.54, 1.807) is 0 Å². The van der Waals surface area contributed by atoms with Crippen molar-refractivity contribution >= 4 is 11.3 Å². The minimum atomic E-state index is -0.187. The van der Waals surface area contributed by atoms with E-state index in [0.717, 1.165) is 5.56 Å². The Kier molecular flexibility index (Phi) is 4.15. The van der Waals surface area contributed by atoms with E-state index >= 15 is 0 Å². The molecular weight excluding hydrogens is 245 g/mol. The largest absolute Gasteiger partial charge is 0.303 e. The third-order valence-corrected chi connectivity index (χ3v) is 4.24. The van der Waals surface area contributed by atoms with Crippen LogP contribution in [0.1, 0.15) is 41.2 Å². The van der Waals surface area contributed by atoms with E-state index in [1.807, 2.05) is 23.5 Å². The Morgan fingerprint density at radius 1 is 1.00 bits per heavy atom. The van der Waals surface area contributed by atoms with E-state index in [9.17, 15) is 4.39 Å². The number of thiophene rings is 1. The second-order valence-electron chi connectivity index (χ2n) is 4.61. The highest BCUT2D eigenvalue weighted by atomic mass is 32.1. The second-order valence-corrected chi connectivity index (χ2v) is 5.93. The summed E-state index contributed by atoms with van der Waals surface area (Å²) in [7, 11) is 0. The summed E-state index contributed by atoms with van der Waals surface area (Å²) in [4.78, 5) is 2.66. The van der Waals surface area contributed by atoms with Crippen LogP contribution in [0.3, 0.4) is 0 Å². The quantitative estimate of drug-likeness (QED) is 0.849. The molecule has 0 amide bonds. The number of nitrogens with one attached hydrogen (secondary N) is 1. The molecule has 0 radical (unpaired) electrons. The third kappa shape index (κ3) is 3.18. The van der Waals surface area contributed by atoms with Gasteiger partial charge < -0.3 is 5.32 Å². The van der Waals surface area contributed by atoms with Gasteiger partial charge in [-0.15, -0.1) is 11.3 Å². The van der Waals surface area contributed by atoms with E-state index in [1.165, 1.54) is 21.9 Å². The Hall–Kier alpha value is -1.19. The maximum absolute atomic E-state index is 12.9. The molecule has 2 aromatic rings. The molecule has 2 rings (SSSR count). The van der Waals surface area contributed by atoms with Crippen molar-refractivity contribution in [2.75, 3.05) is 0 Å². The van der Waals surface area contributed by atoms with Crippen LogP contribution in [0.5, 0.6) is 0 Å². The Bertz CT molecular complexity index is 503. The predicted octanol–water partition coefficient (Wildman–Crippen LogP) is 4.61. The molecule has 18 heavy (non-hydrogen) atoms. The van der Waals surface area contributed by atoms with Gasteiger partial charge in [-0.1, -0.05) is 12.1 Å². The van der Waals surface area contributed by atoms with Crippen LogP contribution < -0.4 is 5.32 Å². The van der Waals surface area contributed by atoms with Crippen molar-refractivity contribution in [2.45, 2.75) is 32.9 Å². The average molecular weight is 263 g/mol. The second kappa shape index (κ2) is 5.63. The summed E-state index contributed by atoms with van der Waals surface area (Å²) in [6, 6.07) is 11.5. The zero-order valence-electron chi connectivity index (χ0n) is 10.9. The summed E-state index contributed by atoms with van der Waals surface area (Å²) in [6.45, 7) is 6.37. The van der Waals surface area contributed by atoms with Crippen LogP contribution in [0.15, 0.2) is 36.4 Å². The number of hydrogen-bond donors (Lipinski definition) is 1. The van der Waals surface area contributed by atoms with Gasteiger partial charge in [0.25, 0.3) is 0 Å². The zero-order valence-corrected chi connectivity index (χ0v) is 11.7. The van der Waals surface area contributed by atoms with Gasteiger partial charge in [0.05, 0.1) is 0 Å². The molecule has 3 heteroatoms. The molecule has 1 heterocycles. The molecule has 0 saturated heterocycles. The highest BCUT2D eigenvalue weighted by Gasteiger charge is 2.12. The first kappa shape index (κ1) is 13.2. The van der Waals surface area contributed by atoms with Crippen LogP contribution in [-0.4, -0.2) is 0 Å². The van der Waals surface area contributed by atoms with E-state index in [-0.39, 0.29) is 11.9 Å². The molecular formula is C15H18FNS. The summed E-state index contributed by atoms with van der Waals surface area (Å²) in [5, 5.41) is 3.53. The monoisotopic (exact) mass is 263 g/mol. The van der Waals surface area contributed by atoms with Crippen molar-refractivity contribution < 1.29 is 4.39 Å². The average Bonchev–Trinajstić information content (AvgIpc) is 2.76. The van der Waals surface area contributed by atoms with Crippen molar-refractivity contribution in [1.82, 2.24) is 5.32 Å². The highest BCUT2D eigenvalue weighted by molar-refractivity contribution is 7.12. The van der Waals surface area contributed by atoms with Gasteiger partial charge in [-0.2, -0.15) is 0 Å². The van der Waals surface area contributed by atoms with Crippen LogP contribution in [0, 0.1) is 12.7 Å². The van der Waals surface area contributed by atoms with Gasteiger partial charge in [-0.05, 0) is 50.6 Å². The lowest BCUT2D eigenvalue weighted by atomic mass is 10.1. The molecule has 1 aromatic heterocycles. The molecule has 0 spiro atoms. The van der Waals surface area contributed by atoms with Crippen molar-refractivity contribution in [3.8, 4) is 0 Å². The van der Waals surface area contributed by atoms with Crippen molar-refractivity contribution in [3.05, 3.63) is 57.5 Å². The molecule has 1 aromatic carbocycles. The molecule has 0 aliphatic heterocycles. The first-order chi connectivity index (χ1) is 8.56. The highest BCUT2D eigenvalue weighted by Crippen LogP contribution is 2.25. The molecule has 1 N–H and O–H groups in total. The first-order valence-electron chi connectivity index (χ1n) is 6.14. The van der Waals surface area contributed by atoms with Gasteiger partial charge in [0.1, 0.15) is 5.82 Å². The van der Waals surface area contributed by atoms with Crippen LogP contribution in [-0.2, 0) is 0 Å². The van der Waals surface area contributed by atoms with Crippen molar-refractivity contribution in [3.63, 3.8) is 0 Å². The lowest BCUT2D eigenvalue weighted by Crippen LogP contribution is -2.21. The Balaban J connectivity index is 2.02. The predicted molar refractivity (Wildman–Crippen MR) is 75.4 cm³/mol. The summed E-state index contributed by atoms with van der Waals surface area (Å²) in [5.74, 6) is -0.187. The molecule has 0 fully saturated rings. The first-order valence-corrected chi connectivity index (χ1v) is 6.96. The van der Waals surface area contributed by atoms with Gasteiger partial charge >= 0.3 is 0 Å². The van der Waals surface area contributed by atoms with Crippen LogP contribution >= 0.6 is 11.3 Å². The Labute approximate surface area is 112 Å². The number of rotatable bonds is 4. The zero-order chi connectivity index (χ0) is 13.1. The van der Waals surface area contributed by atoms with E-state index in [2.05, 4.69) is 38.2 Å². The van der Waals surface area contributed by atoms with E-state index in [4.69, 9.17) is 0 Å². The molecule has 0 bridgehead atoms. The number of halogens is 1. The maximum Gasteiger partial charge on any atom is 0.123 e. The number of hydrogen-bond acceptors (Lipinski definition) is 2. The SMILES string of the molecule is Cc1ccc(C(C)N[C@H](C)c2ccc(F)cc2)s1. The van der Waals surface area contributed by atoms with Crippen molar-refractivity contribution in [2.24, 2.45) is 0 Å². The van der Waals surface area contributed by atoms with Gasteiger partial charge in [-0.3, -0.25) is 0 Å². The molecule has 0 saturated carbocycles. The fourth-order valence-electron chi connectivity index (χ4n) is 1.99. The standard InChI is InChI=1S/C15H18FNS/c1-10-4-9-15(18-10)12(3)17-11(2)13-5-7-14(16)8-6-13/h4-9,11-12,17H,1-3H3/t11-,12?/m1/s1. The van der Waals surface area contributed by atoms with Crippen LogP contribution in [0.2, 0.25) is 0 Å². The summed E-state index contributed by atoms with van der Waals surface area (Å²) in [5.41, 5.74) is 1.11. The molecule has 0 aliphatic carbocycles. The third-order valence-electron chi connectivity index (χ3n) is 3.06. The summed E-state index contributed by atoms with van der Waals surface area (Å²) < 4.78 is 12.9.